The number of hydrogen-bond donors (Lipinski definition) is 2. The number of rotatable bonds is 4. The number of fused-ring (bicyclic) bond motifs is 1. The Morgan fingerprint density at radius 3 is 2.31 bits per heavy atom. The summed E-state index contributed by atoms with van der Waals surface area (Å²) >= 11 is 0. The van der Waals surface area contributed by atoms with Gasteiger partial charge in [0, 0.05) is 28.8 Å². The van der Waals surface area contributed by atoms with Gasteiger partial charge in [-0.3, -0.25) is 14.6 Å². The smallest absolute Gasteiger partial charge is 0.255 e. The molecule has 1 aromatic heterocycles. The number of anilines is 1. The maximum Gasteiger partial charge on any atom is 0.255 e. The van der Waals surface area contributed by atoms with Gasteiger partial charge in [0.05, 0.1) is 11.2 Å². The van der Waals surface area contributed by atoms with Gasteiger partial charge in [0.15, 0.2) is 0 Å². The molecule has 1 fully saturated rings. The second-order valence-corrected chi connectivity index (χ2v) is 7.58. The van der Waals surface area contributed by atoms with Gasteiger partial charge in [0.1, 0.15) is 0 Å². The molecule has 2 aromatic carbocycles. The predicted octanol–water partition coefficient (Wildman–Crippen LogP) is 4.94. The molecule has 4 rings (SSSR count). The van der Waals surface area contributed by atoms with Crippen LogP contribution in [0.5, 0.6) is 0 Å². The predicted molar refractivity (Wildman–Crippen MR) is 115 cm³/mol. The van der Waals surface area contributed by atoms with E-state index in [0.29, 0.717) is 16.8 Å². The molecule has 5 nitrogen and oxygen atoms in total. The van der Waals surface area contributed by atoms with Crippen LogP contribution < -0.4 is 10.6 Å². The summed E-state index contributed by atoms with van der Waals surface area (Å²) in [6.07, 6.45) is 8.56. The van der Waals surface area contributed by atoms with Gasteiger partial charge >= 0.3 is 0 Å². The number of aromatic nitrogens is 1. The average Bonchev–Trinajstić information content (AvgIpc) is 3.03. The quantitative estimate of drug-likeness (QED) is 0.623. The third-order valence-electron chi connectivity index (χ3n) is 5.46. The lowest BCUT2D eigenvalue weighted by atomic mass is 10.1. The van der Waals surface area contributed by atoms with E-state index in [1.54, 1.807) is 30.5 Å². The highest BCUT2D eigenvalue weighted by molar-refractivity contribution is 6.09. The van der Waals surface area contributed by atoms with Crippen molar-refractivity contribution in [3.63, 3.8) is 0 Å². The molecule has 0 unspecified atom stereocenters. The van der Waals surface area contributed by atoms with Crippen molar-refractivity contribution in [2.45, 2.75) is 44.6 Å². The van der Waals surface area contributed by atoms with E-state index >= 15 is 0 Å². The fraction of sp³-hybridized carbons (Fsp3) is 0.292. The number of hydrogen-bond acceptors (Lipinski definition) is 3. The van der Waals surface area contributed by atoms with E-state index in [1.165, 1.54) is 12.8 Å². The van der Waals surface area contributed by atoms with Gasteiger partial charge in [-0.1, -0.05) is 49.9 Å². The molecule has 2 amide bonds. The number of carbonyl (C=O) groups excluding carboxylic acids is 2. The second kappa shape index (κ2) is 8.86. The maximum atomic E-state index is 12.8. The molecule has 3 aromatic rings. The third kappa shape index (κ3) is 4.62. The summed E-state index contributed by atoms with van der Waals surface area (Å²) in [5.74, 6) is -0.370. The first-order valence-electron chi connectivity index (χ1n) is 10.3. The Hall–Kier alpha value is -3.21. The third-order valence-corrected chi connectivity index (χ3v) is 5.46. The Morgan fingerprint density at radius 2 is 1.52 bits per heavy atom. The Labute approximate surface area is 170 Å². The van der Waals surface area contributed by atoms with Crippen LogP contribution in [0.3, 0.4) is 0 Å². The van der Waals surface area contributed by atoms with E-state index in [1.807, 2.05) is 30.3 Å². The molecule has 0 radical (unpaired) electrons. The molecule has 0 saturated heterocycles. The molecule has 148 valence electrons. The van der Waals surface area contributed by atoms with Gasteiger partial charge in [-0.2, -0.15) is 0 Å². The summed E-state index contributed by atoms with van der Waals surface area (Å²) in [5.41, 5.74) is 2.36. The zero-order valence-corrected chi connectivity index (χ0v) is 16.4. The molecule has 2 N–H and O–H groups in total. The minimum Gasteiger partial charge on any atom is -0.349 e. The van der Waals surface area contributed by atoms with Crippen LogP contribution in [0.15, 0.2) is 60.8 Å². The van der Waals surface area contributed by atoms with Crippen molar-refractivity contribution >= 4 is 28.4 Å². The van der Waals surface area contributed by atoms with Crippen molar-refractivity contribution in [3.8, 4) is 0 Å². The first-order chi connectivity index (χ1) is 14.2. The molecule has 5 heteroatoms. The fourth-order valence-corrected chi connectivity index (χ4v) is 3.89. The van der Waals surface area contributed by atoms with E-state index in [9.17, 15) is 9.59 Å². The van der Waals surface area contributed by atoms with Gasteiger partial charge in [-0.25, -0.2) is 0 Å². The van der Waals surface area contributed by atoms with E-state index in [-0.39, 0.29) is 17.9 Å². The molecule has 0 atom stereocenters. The molecule has 0 bridgehead atoms. The van der Waals surface area contributed by atoms with Crippen LogP contribution >= 0.6 is 0 Å². The van der Waals surface area contributed by atoms with Crippen LogP contribution in [-0.4, -0.2) is 22.8 Å². The molecule has 29 heavy (non-hydrogen) atoms. The summed E-state index contributed by atoms with van der Waals surface area (Å²) in [6, 6.07) is 16.6. The summed E-state index contributed by atoms with van der Waals surface area (Å²) in [6.45, 7) is 0. The Morgan fingerprint density at radius 1 is 0.828 bits per heavy atom. The van der Waals surface area contributed by atoms with Crippen LogP contribution in [0.25, 0.3) is 10.9 Å². The first-order valence-corrected chi connectivity index (χ1v) is 10.3. The lowest BCUT2D eigenvalue weighted by Crippen LogP contribution is -2.34. The fourth-order valence-electron chi connectivity index (χ4n) is 3.89. The minimum absolute atomic E-state index is 0.113. The SMILES string of the molecule is O=C(Nc1cccc2cccnc12)c1cccc(C(=O)NC2CCCCCC2)c1. The van der Waals surface area contributed by atoms with Crippen LogP contribution in [0, 0.1) is 0 Å². The van der Waals surface area contributed by atoms with Crippen LogP contribution in [0.1, 0.15) is 59.2 Å². The molecule has 1 saturated carbocycles. The highest BCUT2D eigenvalue weighted by Crippen LogP contribution is 2.22. The second-order valence-electron chi connectivity index (χ2n) is 7.58. The van der Waals surface area contributed by atoms with Crippen LogP contribution in [0.4, 0.5) is 5.69 Å². The molecular weight excluding hydrogens is 362 g/mol. The molecule has 1 aliphatic carbocycles. The largest absolute Gasteiger partial charge is 0.349 e. The number of para-hydroxylation sites is 1. The van der Waals surface area contributed by atoms with Gasteiger partial charge < -0.3 is 10.6 Å². The molecule has 0 spiro atoms. The van der Waals surface area contributed by atoms with Crippen LogP contribution in [0.2, 0.25) is 0 Å². The van der Waals surface area contributed by atoms with Crippen molar-refractivity contribution in [3.05, 3.63) is 71.9 Å². The zero-order chi connectivity index (χ0) is 20.1. The average molecular weight is 387 g/mol. The Kier molecular flexibility index (Phi) is 5.84. The molecule has 1 aliphatic rings. The van der Waals surface area contributed by atoms with E-state index < -0.39 is 0 Å². The standard InChI is InChI=1S/C24H25N3O2/c28-23(26-20-12-3-1-2-4-13-20)18-9-5-10-19(16-18)24(29)27-21-14-6-8-17-11-7-15-25-22(17)21/h5-11,14-16,20H,1-4,12-13H2,(H,26,28)(H,27,29). The topological polar surface area (TPSA) is 71.1 Å². The van der Waals surface area contributed by atoms with Crippen molar-refractivity contribution < 1.29 is 9.59 Å². The number of nitrogens with one attached hydrogen (secondary N) is 2. The van der Waals surface area contributed by atoms with Crippen molar-refractivity contribution in [1.29, 1.82) is 0 Å². The molecule has 0 aliphatic heterocycles. The molecule has 1 heterocycles. The van der Waals surface area contributed by atoms with Crippen molar-refractivity contribution in [1.82, 2.24) is 10.3 Å². The summed E-state index contributed by atoms with van der Waals surface area (Å²) < 4.78 is 0. The van der Waals surface area contributed by atoms with Crippen LogP contribution in [-0.2, 0) is 0 Å². The van der Waals surface area contributed by atoms with Crippen molar-refractivity contribution in [2.24, 2.45) is 0 Å². The Bertz CT molecular complexity index is 1020. The highest BCUT2D eigenvalue weighted by Gasteiger charge is 2.17. The van der Waals surface area contributed by atoms with E-state index in [2.05, 4.69) is 15.6 Å². The number of amides is 2. The number of pyridine rings is 1. The lowest BCUT2D eigenvalue weighted by Gasteiger charge is -2.16. The summed E-state index contributed by atoms with van der Waals surface area (Å²) in [4.78, 5) is 29.8. The highest BCUT2D eigenvalue weighted by atomic mass is 16.2. The molecular formula is C24H25N3O2. The summed E-state index contributed by atoms with van der Waals surface area (Å²) in [5, 5.41) is 7.02. The van der Waals surface area contributed by atoms with Crippen molar-refractivity contribution in [2.75, 3.05) is 5.32 Å². The number of benzene rings is 2. The monoisotopic (exact) mass is 387 g/mol. The Balaban J connectivity index is 1.49. The normalized spacial score (nSPS) is 14.9. The lowest BCUT2D eigenvalue weighted by molar-refractivity contribution is 0.0933. The maximum absolute atomic E-state index is 12.8. The first kappa shape index (κ1) is 19.1. The number of carbonyl (C=O) groups is 2. The van der Waals surface area contributed by atoms with Gasteiger partial charge in [0.2, 0.25) is 0 Å². The zero-order valence-electron chi connectivity index (χ0n) is 16.4. The minimum atomic E-state index is -0.257. The summed E-state index contributed by atoms with van der Waals surface area (Å²) in [7, 11) is 0. The van der Waals surface area contributed by atoms with Gasteiger partial charge in [-0.05, 0) is 43.2 Å². The van der Waals surface area contributed by atoms with E-state index in [0.717, 1.165) is 36.6 Å². The number of nitrogens with zero attached hydrogens (tertiary/aromatic N) is 1. The van der Waals surface area contributed by atoms with Gasteiger partial charge in [0.25, 0.3) is 11.8 Å². The van der Waals surface area contributed by atoms with Gasteiger partial charge in [-0.15, -0.1) is 0 Å². The van der Waals surface area contributed by atoms with E-state index in [4.69, 9.17) is 0 Å².